The molecule has 2 heteroatoms. The van der Waals surface area contributed by atoms with E-state index >= 15 is 0 Å². The third kappa shape index (κ3) is 4.46. The molecule has 0 amide bonds. The summed E-state index contributed by atoms with van der Waals surface area (Å²) in [6, 6.07) is 6.24. The van der Waals surface area contributed by atoms with Crippen molar-refractivity contribution in [1.82, 2.24) is 0 Å². The summed E-state index contributed by atoms with van der Waals surface area (Å²) in [5, 5.41) is 0. The van der Waals surface area contributed by atoms with Crippen molar-refractivity contribution in [2.75, 3.05) is 5.88 Å². The molecule has 1 aliphatic rings. The maximum Gasteiger partial charge on any atom is 0.135 e. The lowest BCUT2D eigenvalue weighted by atomic mass is 9.89. The fraction of sp³-hybridized carbons (Fsp3) is 0.556. The number of hydrogen-bond donors (Lipinski definition) is 0. The fourth-order valence-corrected chi connectivity index (χ4v) is 2.67. The first-order valence-corrected chi connectivity index (χ1v) is 8.04. The van der Waals surface area contributed by atoms with Gasteiger partial charge in [0, 0.05) is 12.3 Å². The first-order chi connectivity index (χ1) is 9.69. The smallest absolute Gasteiger partial charge is 0.135 e. The number of rotatable bonds is 3. The predicted molar refractivity (Wildman–Crippen MR) is 85.4 cm³/mol. The summed E-state index contributed by atoms with van der Waals surface area (Å²) >= 11 is 5.67. The number of halogens is 1. The SMILES string of the molecule is Cc1ccc(OC2CCC(C)CC2)c(C#CCCCl)c1. The number of alkyl halides is 1. The average molecular weight is 291 g/mol. The van der Waals surface area contributed by atoms with Crippen molar-refractivity contribution in [3.8, 4) is 17.6 Å². The molecule has 0 atom stereocenters. The normalized spacial score (nSPS) is 21.9. The molecule has 1 saturated carbocycles. The Bertz CT molecular complexity index is 490. The first-order valence-electron chi connectivity index (χ1n) is 7.51. The molecule has 0 unspecified atom stereocenters. The van der Waals surface area contributed by atoms with Gasteiger partial charge in [0.05, 0.1) is 11.7 Å². The molecule has 2 rings (SSSR count). The van der Waals surface area contributed by atoms with Gasteiger partial charge in [-0.3, -0.25) is 0 Å². The van der Waals surface area contributed by atoms with Gasteiger partial charge in [0.2, 0.25) is 0 Å². The molecule has 0 heterocycles. The summed E-state index contributed by atoms with van der Waals surface area (Å²) in [6.07, 6.45) is 5.92. The molecule has 20 heavy (non-hydrogen) atoms. The highest BCUT2D eigenvalue weighted by atomic mass is 35.5. The minimum atomic E-state index is 0.350. The summed E-state index contributed by atoms with van der Waals surface area (Å²) in [6.45, 7) is 4.41. The van der Waals surface area contributed by atoms with Crippen LogP contribution in [0.4, 0.5) is 0 Å². The molecule has 1 nitrogen and oxygen atoms in total. The van der Waals surface area contributed by atoms with Crippen LogP contribution in [0.1, 0.15) is 50.2 Å². The van der Waals surface area contributed by atoms with Crippen LogP contribution in [0.2, 0.25) is 0 Å². The Kier molecular flexibility index (Phi) is 5.80. The lowest BCUT2D eigenvalue weighted by Crippen LogP contribution is -2.23. The number of aryl methyl sites for hydroxylation is 1. The summed E-state index contributed by atoms with van der Waals surface area (Å²) in [4.78, 5) is 0. The van der Waals surface area contributed by atoms with Gasteiger partial charge in [-0.05, 0) is 56.2 Å². The van der Waals surface area contributed by atoms with Crippen LogP contribution in [0.5, 0.6) is 5.75 Å². The zero-order chi connectivity index (χ0) is 14.4. The van der Waals surface area contributed by atoms with E-state index < -0.39 is 0 Å². The van der Waals surface area contributed by atoms with Crippen LogP contribution < -0.4 is 4.74 Å². The Morgan fingerprint density at radius 3 is 2.70 bits per heavy atom. The Morgan fingerprint density at radius 1 is 1.25 bits per heavy atom. The summed E-state index contributed by atoms with van der Waals surface area (Å²) in [7, 11) is 0. The highest BCUT2D eigenvalue weighted by Crippen LogP contribution is 2.29. The van der Waals surface area contributed by atoms with Gasteiger partial charge in [-0.25, -0.2) is 0 Å². The van der Waals surface area contributed by atoms with Crippen molar-refractivity contribution in [1.29, 1.82) is 0 Å². The Balaban J connectivity index is 2.08. The lowest BCUT2D eigenvalue weighted by Gasteiger charge is -2.27. The van der Waals surface area contributed by atoms with Gasteiger partial charge in [0.15, 0.2) is 0 Å². The Labute approximate surface area is 127 Å². The van der Waals surface area contributed by atoms with Crippen LogP contribution in [-0.4, -0.2) is 12.0 Å². The molecular weight excluding hydrogens is 268 g/mol. The standard InChI is InChI=1S/C18H23ClO/c1-14-6-9-17(10-7-14)20-18-11-8-15(2)13-16(18)5-3-4-12-19/h8,11,13-14,17H,4,6-7,9-10,12H2,1-2H3. The lowest BCUT2D eigenvalue weighted by molar-refractivity contribution is 0.135. The predicted octanol–water partition coefficient (Wildman–Crippen LogP) is 4.93. The Hall–Kier alpha value is -1.13. The van der Waals surface area contributed by atoms with Crippen molar-refractivity contribution in [2.24, 2.45) is 5.92 Å². The highest BCUT2D eigenvalue weighted by Gasteiger charge is 2.20. The average Bonchev–Trinajstić information content (AvgIpc) is 2.44. The molecule has 1 aromatic carbocycles. The molecule has 0 bridgehead atoms. The van der Waals surface area contributed by atoms with E-state index in [4.69, 9.17) is 16.3 Å². The van der Waals surface area contributed by atoms with Gasteiger partial charge in [-0.15, -0.1) is 11.6 Å². The van der Waals surface area contributed by atoms with Crippen molar-refractivity contribution >= 4 is 11.6 Å². The van der Waals surface area contributed by atoms with E-state index in [1.807, 2.05) is 0 Å². The summed E-state index contributed by atoms with van der Waals surface area (Å²) < 4.78 is 6.18. The van der Waals surface area contributed by atoms with Gasteiger partial charge in [0.1, 0.15) is 5.75 Å². The van der Waals surface area contributed by atoms with E-state index in [9.17, 15) is 0 Å². The van der Waals surface area contributed by atoms with Crippen LogP contribution in [0.15, 0.2) is 18.2 Å². The van der Waals surface area contributed by atoms with E-state index in [0.29, 0.717) is 12.0 Å². The van der Waals surface area contributed by atoms with Crippen molar-refractivity contribution in [3.05, 3.63) is 29.3 Å². The van der Waals surface area contributed by atoms with Crippen LogP contribution in [0.25, 0.3) is 0 Å². The van der Waals surface area contributed by atoms with Gasteiger partial charge in [0.25, 0.3) is 0 Å². The monoisotopic (exact) mass is 290 g/mol. The second kappa shape index (κ2) is 7.60. The molecule has 1 aliphatic carbocycles. The van der Waals surface area contributed by atoms with Crippen LogP contribution in [0.3, 0.4) is 0 Å². The second-order valence-corrected chi connectivity index (χ2v) is 6.12. The molecular formula is C18H23ClO. The van der Waals surface area contributed by atoms with Crippen LogP contribution >= 0.6 is 11.6 Å². The molecule has 0 saturated heterocycles. The minimum absolute atomic E-state index is 0.350. The highest BCUT2D eigenvalue weighted by molar-refractivity contribution is 6.18. The molecule has 0 aromatic heterocycles. The minimum Gasteiger partial charge on any atom is -0.489 e. The zero-order valence-corrected chi connectivity index (χ0v) is 13.2. The molecule has 1 fully saturated rings. The van der Waals surface area contributed by atoms with Crippen molar-refractivity contribution in [3.63, 3.8) is 0 Å². The van der Waals surface area contributed by atoms with Gasteiger partial charge < -0.3 is 4.74 Å². The third-order valence-corrected chi connectivity index (χ3v) is 4.02. The molecule has 0 radical (unpaired) electrons. The van der Waals surface area contributed by atoms with Crippen molar-refractivity contribution < 1.29 is 4.74 Å². The topological polar surface area (TPSA) is 9.23 Å². The van der Waals surface area contributed by atoms with Crippen molar-refractivity contribution in [2.45, 2.75) is 52.1 Å². The molecule has 0 aliphatic heterocycles. The molecule has 0 spiro atoms. The fourth-order valence-electron chi connectivity index (χ4n) is 2.58. The number of ether oxygens (including phenoxy) is 1. The first kappa shape index (κ1) is 15.3. The largest absolute Gasteiger partial charge is 0.489 e. The van der Waals surface area contributed by atoms with Gasteiger partial charge >= 0.3 is 0 Å². The maximum atomic E-state index is 6.18. The molecule has 1 aromatic rings. The van der Waals surface area contributed by atoms with E-state index in [-0.39, 0.29) is 0 Å². The number of hydrogen-bond acceptors (Lipinski definition) is 1. The molecule has 108 valence electrons. The zero-order valence-electron chi connectivity index (χ0n) is 12.4. The van der Waals surface area contributed by atoms with E-state index in [1.54, 1.807) is 0 Å². The van der Waals surface area contributed by atoms with Gasteiger partial charge in [-0.1, -0.05) is 24.8 Å². The number of benzene rings is 1. The van der Waals surface area contributed by atoms with E-state index in [2.05, 4.69) is 43.9 Å². The van der Waals surface area contributed by atoms with Crippen LogP contribution in [0, 0.1) is 24.7 Å². The second-order valence-electron chi connectivity index (χ2n) is 5.74. The summed E-state index contributed by atoms with van der Waals surface area (Å²) in [5.74, 6) is 8.65. The maximum absolute atomic E-state index is 6.18. The Morgan fingerprint density at radius 2 is 2.00 bits per heavy atom. The van der Waals surface area contributed by atoms with Crippen LogP contribution in [-0.2, 0) is 0 Å². The third-order valence-electron chi connectivity index (χ3n) is 3.83. The summed E-state index contributed by atoms with van der Waals surface area (Å²) in [5.41, 5.74) is 2.21. The van der Waals surface area contributed by atoms with E-state index in [0.717, 1.165) is 36.5 Å². The van der Waals surface area contributed by atoms with Gasteiger partial charge in [-0.2, -0.15) is 0 Å². The molecule has 0 N–H and O–H groups in total. The van der Waals surface area contributed by atoms with E-state index in [1.165, 1.54) is 18.4 Å². The quantitative estimate of drug-likeness (QED) is 0.566.